The third kappa shape index (κ3) is 12.6. The van der Waals surface area contributed by atoms with E-state index in [4.69, 9.17) is 9.84 Å². The molecule has 0 aliphatic heterocycles. The molecule has 4 heteroatoms. The first-order chi connectivity index (χ1) is 9.10. The lowest BCUT2D eigenvalue weighted by Gasteiger charge is -2.17. The van der Waals surface area contributed by atoms with E-state index in [0.717, 1.165) is 32.4 Å². The fraction of sp³-hybridized carbons (Fsp3) is 1.00. The van der Waals surface area contributed by atoms with Crippen molar-refractivity contribution >= 4 is 0 Å². The molecular weight excluding hydrogens is 242 g/mol. The van der Waals surface area contributed by atoms with Crippen molar-refractivity contribution in [1.29, 1.82) is 0 Å². The lowest BCUT2D eigenvalue weighted by molar-refractivity contribution is 0.0343. The Bertz CT molecular complexity index is 188. The number of aliphatic hydroxyl groups excluding tert-OH is 2. The van der Waals surface area contributed by atoms with Gasteiger partial charge in [0.25, 0.3) is 0 Å². The lowest BCUT2D eigenvalue weighted by atomic mass is 10.0. The third-order valence-electron chi connectivity index (χ3n) is 3.31. The Hall–Kier alpha value is -0.160. The van der Waals surface area contributed by atoms with Crippen molar-refractivity contribution in [1.82, 2.24) is 5.32 Å². The van der Waals surface area contributed by atoms with Crippen LogP contribution in [0.4, 0.5) is 0 Å². The Morgan fingerprint density at radius 3 is 2.47 bits per heavy atom. The Morgan fingerprint density at radius 2 is 1.89 bits per heavy atom. The van der Waals surface area contributed by atoms with E-state index in [0.29, 0.717) is 25.0 Å². The number of nitrogens with one attached hydrogen (secondary N) is 1. The van der Waals surface area contributed by atoms with Gasteiger partial charge >= 0.3 is 0 Å². The van der Waals surface area contributed by atoms with Gasteiger partial charge in [-0.1, -0.05) is 27.2 Å². The highest BCUT2D eigenvalue weighted by atomic mass is 16.5. The van der Waals surface area contributed by atoms with Crippen LogP contribution in [-0.4, -0.2) is 49.2 Å². The molecule has 19 heavy (non-hydrogen) atoms. The first-order valence-electron chi connectivity index (χ1n) is 7.67. The van der Waals surface area contributed by atoms with E-state index in [9.17, 15) is 5.11 Å². The first-order valence-corrected chi connectivity index (χ1v) is 7.67. The number of hydrogen-bond donors (Lipinski definition) is 3. The molecule has 0 saturated heterocycles. The van der Waals surface area contributed by atoms with Gasteiger partial charge in [0.15, 0.2) is 0 Å². The molecule has 116 valence electrons. The molecule has 0 heterocycles. The standard InChI is InChI=1S/C15H33NO3/c1-4-14(7-8-17)10-16-11-15(18)12-19-9-5-6-13(2)3/h13-18H,4-12H2,1-3H3. The van der Waals surface area contributed by atoms with Crippen LogP contribution < -0.4 is 5.32 Å². The van der Waals surface area contributed by atoms with Gasteiger partial charge in [-0.25, -0.2) is 0 Å². The predicted molar refractivity (Wildman–Crippen MR) is 79.3 cm³/mol. The summed E-state index contributed by atoms with van der Waals surface area (Å²) in [5, 5.41) is 21.9. The van der Waals surface area contributed by atoms with Crippen molar-refractivity contribution in [3.8, 4) is 0 Å². The molecule has 0 aliphatic rings. The van der Waals surface area contributed by atoms with Gasteiger partial charge in [-0.15, -0.1) is 0 Å². The molecule has 0 saturated carbocycles. The van der Waals surface area contributed by atoms with Gasteiger partial charge < -0.3 is 20.3 Å². The molecule has 0 aromatic carbocycles. The van der Waals surface area contributed by atoms with Crippen molar-refractivity contribution in [2.24, 2.45) is 11.8 Å². The molecule has 0 rings (SSSR count). The monoisotopic (exact) mass is 275 g/mol. The summed E-state index contributed by atoms with van der Waals surface area (Å²) in [7, 11) is 0. The molecule has 0 amide bonds. The highest BCUT2D eigenvalue weighted by Gasteiger charge is 2.08. The van der Waals surface area contributed by atoms with Gasteiger partial charge in [-0.3, -0.25) is 0 Å². The summed E-state index contributed by atoms with van der Waals surface area (Å²) >= 11 is 0. The van der Waals surface area contributed by atoms with Crippen molar-refractivity contribution in [3.05, 3.63) is 0 Å². The van der Waals surface area contributed by atoms with E-state index >= 15 is 0 Å². The molecule has 0 fully saturated rings. The zero-order valence-corrected chi connectivity index (χ0v) is 12.9. The molecule has 0 aliphatic carbocycles. The molecule has 2 atom stereocenters. The maximum atomic E-state index is 9.74. The number of aliphatic hydroxyl groups is 2. The van der Waals surface area contributed by atoms with Crippen molar-refractivity contribution in [2.45, 2.75) is 52.6 Å². The molecular formula is C15H33NO3. The topological polar surface area (TPSA) is 61.7 Å². The first kappa shape index (κ1) is 18.8. The van der Waals surface area contributed by atoms with Gasteiger partial charge in [-0.2, -0.15) is 0 Å². The summed E-state index contributed by atoms with van der Waals surface area (Å²) in [5.74, 6) is 1.21. The summed E-state index contributed by atoms with van der Waals surface area (Å²) in [6.07, 6.45) is 3.67. The van der Waals surface area contributed by atoms with E-state index in [-0.39, 0.29) is 6.61 Å². The van der Waals surface area contributed by atoms with Crippen LogP contribution in [-0.2, 0) is 4.74 Å². The fourth-order valence-corrected chi connectivity index (χ4v) is 1.96. The smallest absolute Gasteiger partial charge is 0.0897 e. The van der Waals surface area contributed by atoms with Crippen LogP contribution in [0.1, 0.15) is 46.5 Å². The summed E-state index contributed by atoms with van der Waals surface area (Å²) in [6.45, 7) is 9.31. The van der Waals surface area contributed by atoms with Gasteiger partial charge in [0, 0.05) is 19.8 Å². The molecule has 0 aromatic rings. The van der Waals surface area contributed by atoms with E-state index in [1.54, 1.807) is 0 Å². The quantitative estimate of drug-likeness (QED) is 0.449. The average Bonchev–Trinajstić information content (AvgIpc) is 2.37. The average molecular weight is 275 g/mol. The Kier molecular flexibility index (Phi) is 12.7. The molecule has 2 unspecified atom stereocenters. The van der Waals surface area contributed by atoms with E-state index in [1.165, 1.54) is 6.42 Å². The van der Waals surface area contributed by atoms with Crippen LogP contribution >= 0.6 is 0 Å². The SMILES string of the molecule is CCC(CCO)CNCC(O)COCCCC(C)C. The molecule has 3 N–H and O–H groups in total. The molecule has 0 aromatic heterocycles. The second kappa shape index (κ2) is 12.9. The molecule has 0 spiro atoms. The van der Waals surface area contributed by atoms with Crippen LogP contribution in [0, 0.1) is 11.8 Å². The highest BCUT2D eigenvalue weighted by molar-refractivity contribution is 4.64. The summed E-state index contributed by atoms with van der Waals surface area (Å²) in [4.78, 5) is 0. The lowest BCUT2D eigenvalue weighted by Crippen LogP contribution is -2.33. The highest BCUT2D eigenvalue weighted by Crippen LogP contribution is 2.05. The second-order valence-corrected chi connectivity index (χ2v) is 5.71. The third-order valence-corrected chi connectivity index (χ3v) is 3.31. The zero-order valence-electron chi connectivity index (χ0n) is 12.9. The molecule has 4 nitrogen and oxygen atoms in total. The van der Waals surface area contributed by atoms with Gasteiger partial charge in [-0.05, 0) is 37.6 Å². The summed E-state index contributed by atoms with van der Waals surface area (Å²) < 4.78 is 5.45. The zero-order chi connectivity index (χ0) is 14.5. The Balaban J connectivity index is 3.40. The van der Waals surface area contributed by atoms with Crippen LogP contribution in [0.5, 0.6) is 0 Å². The fourth-order valence-electron chi connectivity index (χ4n) is 1.96. The number of rotatable bonds is 13. The van der Waals surface area contributed by atoms with Crippen molar-refractivity contribution in [3.63, 3.8) is 0 Å². The Morgan fingerprint density at radius 1 is 1.16 bits per heavy atom. The number of hydrogen-bond acceptors (Lipinski definition) is 4. The van der Waals surface area contributed by atoms with Crippen LogP contribution in [0.3, 0.4) is 0 Å². The minimum Gasteiger partial charge on any atom is -0.396 e. The normalized spacial score (nSPS) is 14.8. The Labute approximate surface area is 118 Å². The maximum Gasteiger partial charge on any atom is 0.0897 e. The minimum absolute atomic E-state index is 0.238. The van der Waals surface area contributed by atoms with Gasteiger partial charge in [0.05, 0.1) is 12.7 Å². The van der Waals surface area contributed by atoms with E-state index in [2.05, 4.69) is 26.1 Å². The summed E-state index contributed by atoms with van der Waals surface area (Å²) in [5.41, 5.74) is 0. The van der Waals surface area contributed by atoms with Crippen LogP contribution in [0.15, 0.2) is 0 Å². The number of ether oxygens (including phenoxy) is 1. The maximum absolute atomic E-state index is 9.74. The predicted octanol–water partition coefficient (Wildman–Crippen LogP) is 1.80. The van der Waals surface area contributed by atoms with Crippen molar-refractivity contribution in [2.75, 3.05) is 32.9 Å². The summed E-state index contributed by atoms with van der Waals surface area (Å²) in [6, 6.07) is 0. The van der Waals surface area contributed by atoms with Gasteiger partial charge in [0.1, 0.15) is 0 Å². The van der Waals surface area contributed by atoms with E-state index in [1.807, 2.05) is 0 Å². The molecule has 0 bridgehead atoms. The molecule has 0 radical (unpaired) electrons. The largest absolute Gasteiger partial charge is 0.396 e. The van der Waals surface area contributed by atoms with Crippen molar-refractivity contribution < 1.29 is 14.9 Å². The van der Waals surface area contributed by atoms with Crippen LogP contribution in [0.25, 0.3) is 0 Å². The van der Waals surface area contributed by atoms with Crippen LogP contribution in [0.2, 0.25) is 0 Å². The second-order valence-electron chi connectivity index (χ2n) is 5.71. The minimum atomic E-state index is -0.439. The van der Waals surface area contributed by atoms with Gasteiger partial charge in [0.2, 0.25) is 0 Å². The van der Waals surface area contributed by atoms with E-state index < -0.39 is 6.10 Å².